The van der Waals surface area contributed by atoms with Crippen LogP contribution in [0.1, 0.15) is 22.8 Å². The number of esters is 2. The first-order valence-corrected chi connectivity index (χ1v) is 8.57. The first-order valence-electron chi connectivity index (χ1n) is 8.57. The molecule has 0 saturated heterocycles. The summed E-state index contributed by atoms with van der Waals surface area (Å²) in [4.78, 5) is 35.1. The Balaban J connectivity index is 1.78. The summed E-state index contributed by atoms with van der Waals surface area (Å²) in [7, 11) is 1.57. The molecule has 0 radical (unpaired) electrons. The Kier molecular flexibility index (Phi) is 7.77. The SMILES string of the molecule is CCOC(=O)c1ccc(NC(=O)COC(=O)C=Cc2ccc(OC)cc2)cc1. The van der Waals surface area contributed by atoms with Crippen LogP contribution in [0.3, 0.4) is 0 Å². The van der Waals surface area contributed by atoms with Crippen molar-refractivity contribution in [3.05, 3.63) is 65.7 Å². The van der Waals surface area contributed by atoms with Gasteiger partial charge in [0, 0.05) is 11.8 Å². The van der Waals surface area contributed by atoms with Crippen LogP contribution >= 0.6 is 0 Å². The van der Waals surface area contributed by atoms with Crippen molar-refractivity contribution >= 4 is 29.6 Å². The molecular formula is C21H21NO6. The maximum atomic E-state index is 11.9. The second-order valence-electron chi connectivity index (χ2n) is 5.56. The molecule has 28 heavy (non-hydrogen) atoms. The zero-order valence-electron chi connectivity index (χ0n) is 15.6. The van der Waals surface area contributed by atoms with Crippen LogP contribution in [0.15, 0.2) is 54.6 Å². The largest absolute Gasteiger partial charge is 0.497 e. The Morgan fingerprint density at radius 2 is 1.64 bits per heavy atom. The highest BCUT2D eigenvalue weighted by molar-refractivity contribution is 5.95. The molecule has 0 aliphatic carbocycles. The van der Waals surface area contributed by atoms with Gasteiger partial charge in [0.1, 0.15) is 5.75 Å². The molecule has 0 saturated carbocycles. The van der Waals surface area contributed by atoms with E-state index in [1.54, 1.807) is 56.5 Å². The lowest BCUT2D eigenvalue weighted by Crippen LogP contribution is -2.20. The van der Waals surface area contributed by atoms with Gasteiger partial charge in [0.15, 0.2) is 6.61 Å². The van der Waals surface area contributed by atoms with E-state index in [0.29, 0.717) is 17.0 Å². The highest BCUT2D eigenvalue weighted by Crippen LogP contribution is 2.12. The third kappa shape index (κ3) is 6.60. The van der Waals surface area contributed by atoms with E-state index in [0.717, 1.165) is 5.56 Å². The van der Waals surface area contributed by atoms with Gasteiger partial charge < -0.3 is 19.5 Å². The summed E-state index contributed by atoms with van der Waals surface area (Å²) in [6, 6.07) is 13.3. The average Bonchev–Trinajstić information content (AvgIpc) is 2.71. The van der Waals surface area contributed by atoms with Crippen molar-refractivity contribution in [2.24, 2.45) is 0 Å². The lowest BCUT2D eigenvalue weighted by atomic mass is 10.2. The highest BCUT2D eigenvalue weighted by Gasteiger charge is 2.08. The molecule has 0 heterocycles. The fraction of sp³-hybridized carbons (Fsp3) is 0.190. The first kappa shape index (κ1) is 20.7. The molecule has 0 unspecified atom stereocenters. The van der Waals surface area contributed by atoms with Gasteiger partial charge in [0.05, 0.1) is 19.3 Å². The summed E-state index contributed by atoms with van der Waals surface area (Å²) < 4.78 is 14.8. The van der Waals surface area contributed by atoms with Gasteiger partial charge in [0.2, 0.25) is 0 Å². The standard InChI is InChI=1S/C21H21NO6/c1-3-27-21(25)16-7-9-17(10-8-16)22-19(23)14-28-20(24)13-6-15-4-11-18(26-2)12-5-15/h4-13H,3,14H2,1-2H3,(H,22,23). The van der Waals surface area contributed by atoms with Crippen LogP contribution in [0.2, 0.25) is 0 Å². The van der Waals surface area contributed by atoms with Gasteiger partial charge in [-0.15, -0.1) is 0 Å². The predicted molar refractivity (Wildman–Crippen MR) is 104 cm³/mol. The number of nitrogens with one attached hydrogen (secondary N) is 1. The number of carbonyl (C=O) groups is 3. The molecule has 7 nitrogen and oxygen atoms in total. The van der Waals surface area contributed by atoms with Gasteiger partial charge in [-0.05, 0) is 55.0 Å². The van der Waals surface area contributed by atoms with Crippen LogP contribution in [0.4, 0.5) is 5.69 Å². The Hall–Kier alpha value is -3.61. The maximum absolute atomic E-state index is 11.9. The molecule has 0 spiro atoms. The van der Waals surface area contributed by atoms with Crippen molar-refractivity contribution in [2.45, 2.75) is 6.92 Å². The molecule has 0 aliphatic heterocycles. The van der Waals surface area contributed by atoms with Crippen LogP contribution < -0.4 is 10.1 Å². The lowest BCUT2D eigenvalue weighted by molar-refractivity contribution is -0.142. The van der Waals surface area contributed by atoms with E-state index in [2.05, 4.69) is 5.32 Å². The fourth-order valence-corrected chi connectivity index (χ4v) is 2.17. The molecule has 1 amide bonds. The van der Waals surface area contributed by atoms with Gasteiger partial charge in [-0.1, -0.05) is 12.1 Å². The number of hydrogen-bond acceptors (Lipinski definition) is 6. The number of anilines is 1. The number of hydrogen-bond donors (Lipinski definition) is 1. The summed E-state index contributed by atoms with van der Waals surface area (Å²) in [5.74, 6) is -0.844. The van der Waals surface area contributed by atoms with Crippen molar-refractivity contribution in [1.29, 1.82) is 0 Å². The zero-order valence-corrected chi connectivity index (χ0v) is 15.6. The number of amides is 1. The zero-order chi connectivity index (χ0) is 20.4. The Bertz CT molecular complexity index is 840. The lowest BCUT2D eigenvalue weighted by Gasteiger charge is -2.06. The Morgan fingerprint density at radius 1 is 0.964 bits per heavy atom. The summed E-state index contributed by atoms with van der Waals surface area (Å²) >= 11 is 0. The van der Waals surface area contributed by atoms with E-state index >= 15 is 0 Å². The quantitative estimate of drug-likeness (QED) is 0.556. The molecule has 0 aromatic heterocycles. The highest BCUT2D eigenvalue weighted by atomic mass is 16.5. The normalized spacial score (nSPS) is 10.4. The topological polar surface area (TPSA) is 90.9 Å². The van der Waals surface area contributed by atoms with E-state index in [1.807, 2.05) is 0 Å². The van der Waals surface area contributed by atoms with Gasteiger partial charge in [-0.25, -0.2) is 9.59 Å². The molecule has 7 heteroatoms. The van der Waals surface area contributed by atoms with E-state index in [4.69, 9.17) is 14.2 Å². The Labute approximate surface area is 162 Å². The molecule has 2 aromatic carbocycles. The molecule has 2 aromatic rings. The summed E-state index contributed by atoms with van der Waals surface area (Å²) in [5.41, 5.74) is 1.65. The third-order valence-electron chi connectivity index (χ3n) is 3.55. The van der Waals surface area contributed by atoms with E-state index in [9.17, 15) is 14.4 Å². The minimum atomic E-state index is -0.636. The van der Waals surface area contributed by atoms with Crippen molar-refractivity contribution in [2.75, 3.05) is 25.6 Å². The molecule has 0 atom stereocenters. The van der Waals surface area contributed by atoms with Crippen LogP contribution in [0.25, 0.3) is 6.08 Å². The minimum Gasteiger partial charge on any atom is -0.497 e. The summed E-state index contributed by atoms with van der Waals surface area (Å²) in [6.07, 6.45) is 2.82. The molecule has 2 rings (SSSR count). The van der Waals surface area contributed by atoms with E-state index < -0.39 is 24.5 Å². The Morgan fingerprint density at radius 3 is 2.25 bits per heavy atom. The molecule has 0 aliphatic rings. The number of ether oxygens (including phenoxy) is 3. The van der Waals surface area contributed by atoms with E-state index in [1.165, 1.54) is 18.2 Å². The van der Waals surface area contributed by atoms with Crippen LogP contribution in [-0.4, -0.2) is 38.2 Å². The number of methoxy groups -OCH3 is 1. The predicted octanol–water partition coefficient (Wildman–Crippen LogP) is 3.07. The molecule has 146 valence electrons. The van der Waals surface area contributed by atoms with Crippen molar-refractivity contribution in [3.63, 3.8) is 0 Å². The number of rotatable bonds is 8. The summed E-state index contributed by atoms with van der Waals surface area (Å²) in [6.45, 7) is 1.58. The van der Waals surface area contributed by atoms with Crippen molar-refractivity contribution in [1.82, 2.24) is 0 Å². The van der Waals surface area contributed by atoms with Crippen LogP contribution in [-0.2, 0) is 19.1 Å². The van der Waals surface area contributed by atoms with Gasteiger partial charge in [0.25, 0.3) is 5.91 Å². The molecular weight excluding hydrogens is 362 g/mol. The van der Waals surface area contributed by atoms with Crippen LogP contribution in [0, 0.1) is 0 Å². The minimum absolute atomic E-state index is 0.287. The fourth-order valence-electron chi connectivity index (χ4n) is 2.17. The third-order valence-corrected chi connectivity index (χ3v) is 3.55. The molecule has 0 fully saturated rings. The smallest absolute Gasteiger partial charge is 0.338 e. The molecule has 1 N–H and O–H groups in total. The van der Waals surface area contributed by atoms with Gasteiger partial charge in [-0.2, -0.15) is 0 Å². The monoisotopic (exact) mass is 383 g/mol. The molecule has 0 bridgehead atoms. The van der Waals surface area contributed by atoms with Gasteiger partial charge in [-0.3, -0.25) is 4.79 Å². The van der Waals surface area contributed by atoms with E-state index in [-0.39, 0.29) is 6.61 Å². The number of carbonyl (C=O) groups excluding carboxylic acids is 3. The average molecular weight is 383 g/mol. The van der Waals surface area contributed by atoms with Crippen molar-refractivity contribution in [3.8, 4) is 5.75 Å². The maximum Gasteiger partial charge on any atom is 0.338 e. The number of benzene rings is 2. The van der Waals surface area contributed by atoms with Gasteiger partial charge >= 0.3 is 11.9 Å². The second-order valence-corrected chi connectivity index (χ2v) is 5.56. The van der Waals surface area contributed by atoms with Crippen LogP contribution in [0.5, 0.6) is 5.75 Å². The second kappa shape index (κ2) is 10.5. The van der Waals surface area contributed by atoms with Crippen molar-refractivity contribution < 1.29 is 28.6 Å². The summed E-state index contributed by atoms with van der Waals surface area (Å²) in [5, 5.41) is 2.58. The first-order chi connectivity index (χ1) is 13.5.